The molecule has 0 bridgehead atoms. The number of phenols is 1. The van der Waals surface area contributed by atoms with Crippen molar-refractivity contribution in [2.45, 2.75) is 87.2 Å². The number of hydrogen-bond acceptors (Lipinski definition) is 12. The molecule has 2 aliphatic rings. The lowest BCUT2D eigenvalue weighted by Gasteiger charge is -2.39. The number of phenolic OH excluding ortho intramolecular Hbond substituents is 1. The molecule has 5 amide bonds. The SMILES string of the molecule is NC[C@H]1O[C@@H](C(=O)NCCCC[C@@H]2NC(=O)[C@@H](Cc3ccc(O)cc3)NC(=O)CNC(=O)[C@H](CCCN=C(N)N)NC2=O)[C@H](O)[C@@H](O)[C@@H]1O. The summed E-state index contributed by atoms with van der Waals surface area (Å²) in [6, 6.07) is 2.65. The molecular weight excluding hydrogens is 646 g/mol. The molecule has 1 aromatic rings. The maximum Gasteiger partial charge on any atom is 0.251 e. The number of aliphatic hydroxyl groups is 3. The maximum atomic E-state index is 13.5. The van der Waals surface area contributed by atoms with Gasteiger partial charge in [0.2, 0.25) is 23.6 Å². The van der Waals surface area contributed by atoms with Crippen molar-refractivity contribution in [1.29, 1.82) is 0 Å². The van der Waals surface area contributed by atoms with E-state index in [9.17, 15) is 44.4 Å². The van der Waals surface area contributed by atoms with Gasteiger partial charge in [-0.2, -0.15) is 0 Å². The topological polar surface area (TPSA) is 326 Å². The number of aromatic hydroxyl groups is 1. The third-order valence-corrected chi connectivity index (χ3v) is 8.08. The second kappa shape index (κ2) is 18.8. The first-order valence-electron chi connectivity index (χ1n) is 16.0. The van der Waals surface area contributed by atoms with E-state index < -0.39 is 84.7 Å². The second-order valence-electron chi connectivity index (χ2n) is 11.9. The molecule has 3 rings (SSSR count). The Hall–Kier alpha value is -4.56. The molecule has 2 aliphatic heterocycles. The number of nitrogens with one attached hydrogen (secondary N) is 5. The van der Waals surface area contributed by atoms with E-state index in [0.29, 0.717) is 18.4 Å². The molecule has 0 spiro atoms. The van der Waals surface area contributed by atoms with E-state index in [4.69, 9.17) is 21.9 Å². The van der Waals surface area contributed by atoms with Crippen LogP contribution in [0.3, 0.4) is 0 Å². The summed E-state index contributed by atoms with van der Waals surface area (Å²) < 4.78 is 5.38. The van der Waals surface area contributed by atoms with Crippen LogP contribution in [0.1, 0.15) is 37.7 Å². The minimum absolute atomic E-state index is 0.0120. The van der Waals surface area contributed by atoms with Gasteiger partial charge in [-0.05, 0) is 49.8 Å². The van der Waals surface area contributed by atoms with Crippen LogP contribution in [0.15, 0.2) is 29.3 Å². The van der Waals surface area contributed by atoms with Crippen LogP contribution in [0.4, 0.5) is 0 Å². The predicted molar refractivity (Wildman–Crippen MR) is 173 cm³/mol. The molecule has 2 heterocycles. The Kier molecular flexibility index (Phi) is 15.0. The van der Waals surface area contributed by atoms with E-state index >= 15 is 0 Å². The quantitative estimate of drug-likeness (QED) is 0.0522. The molecule has 0 radical (unpaired) electrons. The van der Waals surface area contributed by atoms with E-state index in [0.717, 1.165) is 0 Å². The molecule has 0 aliphatic carbocycles. The third kappa shape index (κ3) is 11.8. The average Bonchev–Trinajstić information content (AvgIpc) is 3.06. The maximum absolute atomic E-state index is 13.5. The first-order chi connectivity index (χ1) is 23.3. The zero-order valence-electron chi connectivity index (χ0n) is 26.9. The van der Waals surface area contributed by atoms with Crippen LogP contribution in [-0.4, -0.2) is 131 Å². The third-order valence-electron chi connectivity index (χ3n) is 8.08. The zero-order valence-corrected chi connectivity index (χ0v) is 26.9. The summed E-state index contributed by atoms with van der Waals surface area (Å²) in [5, 5.41) is 52.8. The first-order valence-corrected chi connectivity index (χ1v) is 16.0. The Morgan fingerprint density at radius 3 is 2.14 bits per heavy atom. The second-order valence-corrected chi connectivity index (χ2v) is 11.9. The van der Waals surface area contributed by atoms with E-state index in [1.54, 1.807) is 12.1 Å². The number of aliphatic imine (C=N–C) groups is 1. The van der Waals surface area contributed by atoms with Gasteiger partial charge in [0.1, 0.15) is 42.2 Å². The van der Waals surface area contributed by atoms with Gasteiger partial charge in [0.05, 0.1) is 12.6 Å². The van der Waals surface area contributed by atoms with Crippen molar-refractivity contribution >= 4 is 35.5 Å². The minimum atomic E-state index is -1.69. The first kappa shape index (κ1) is 38.9. The number of nitrogens with zero attached hydrogens (tertiary/aromatic N) is 1. The fourth-order valence-corrected chi connectivity index (χ4v) is 5.35. The highest BCUT2D eigenvalue weighted by Gasteiger charge is 2.46. The number of benzene rings is 1. The van der Waals surface area contributed by atoms with Crippen molar-refractivity contribution in [2.75, 3.05) is 26.2 Å². The number of rotatable bonds is 13. The van der Waals surface area contributed by atoms with Crippen molar-refractivity contribution < 1.29 is 49.1 Å². The van der Waals surface area contributed by atoms with Gasteiger partial charge in [0.15, 0.2) is 12.1 Å². The highest BCUT2D eigenvalue weighted by atomic mass is 16.5. The van der Waals surface area contributed by atoms with Crippen LogP contribution in [-0.2, 0) is 35.1 Å². The monoisotopic (exact) mass is 693 g/mol. The van der Waals surface area contributed by atoms with Crippen molar-refractivity contribution in [3.63, 3.8) is 0 Å². The molecule has 272 valence electrons. The van der Waals surface area contributed by atoms with Crippen LogP contribution in [0, 0.1) is 0 Å². The zero-order chi connectivity index (χ0) is 36.1. The smallest absolute Gasteiger partial charge is 0.251 e. The molecule has 0 aromatic heterocycles. The Balaban J connectivity index is 1.69. The molecule has 15 N–H and O–H groups in total. The van der Waals surface area contributed by atoms with Crippen molar-refractivity contribution in [2.24, 2.45) is 22.2 Å². The molecule has 1 aromatic carbocycles. The van der Waals surface area contributed by atoms with E-state index in [1.165, 1.54) is 12.1 Å². The number of carbonyl (C=O) groups excluding carboxylic acids is 5. The summed E-state index contributed by atoms with van der Waals surface area (Å²) in [6.45, 7) is -0.400. The fourth-order valence-electron chi connectivity index (χ4n) is 5.35. The number of aliphatic hydroxyl groups excluding tert-OH is 3. The summed E-state index contributed by atoms with van der Waals surface area (Å²) in [7, 11) is 0. The minimum Gasteiger partial charge on any atom is -0.508 e. The van der Waals surface area contributed by atoms with Gasteiger partial charge in [-0.1, -0.05) is 12.1 Å². The normalized spacial score (nSPS) is 28.1. The van der Waals surface area contributed by atoms with Crippen molar-refractivity contribution in [3.8, 4) is 5.75 Å². The number of amides is 5. The average molecular weight is 694 g/mol. The number of nitrogens with two attached hydrogens (primary N) is 3. The summed E-state index contributed by atoms with van der Waals surface area (Å²) in [6.07, 6.45) is -6.21. The number of ether oxygens (including phenoxy) is 1. The van der Waals surface area contributed by atoms with Crippen LogP contribution >= 0.6 is 0 Å². The number of guanidine groups is 1. The van der Waals surface area contributed by atoms with Crippen molar-refractivity contribution in [3.05, 3.63) is 29.8 Å². The highest BCUT2D eigenvalue weighted by molar-refractivity contribution is 5.96. The highest BCUT2D eigenvalue weighted by Crippen LogP contribution is 2.21. The summed E-state index contributed by atoms with van der Waals surface area (Å²) in [4.78, 5) is 69.3. The van der Waals surface area contributed by atoms with Gasteiger partial charge in [0, 0.05) is 26.1 Å². The van der Waals surface area contributed by atoms with Gasteiger partial charge < -0.3 is 68.9 Å². The summed E-state index contributed by atoms with van der Waals surface area (Å²) in [5.41, 5.74) is 16.9. The van der Waals surface area contributed by atoms with E-state index in [1.807, 2.05) is 0 Å². The van der Waals surface area contributed by atoms with Crippen molar-refractivity contribution in [1.82, 2.24) is 26.6 Å². The Morgan fingerprint density at radius 2 is 1.49 bits per heavy atom. The number of carbonyl (C=O) groups is 5. The predicted octanol–water partition coefficient (Wildman–Crippen LogP) is -5.33. The Morgan fingerprint density at radius 1 is 0.857 bits per heavy atom. The molecule has 49 heavy (non-hydrogen) atoms. The molecule has 19 heteroatoms. The van der Waals surface area contributed by atoms with Crippen LogP contribution in [0.25, 0.3) is 0 Å². The summed E-state index contributed by atoms with van der Waals surface area (Å²) >= 11 is 0. The standard InChI is InChI=1S/C30H47N9O10/c31-13-20-22(42)23(43)24(44)25(49-20)29(48)34-10-2-1-4-18-27(46)38-17(5-3-11-35-30(32)33)26(45)36-14-21(41)37-19(28(47)39-18)12-15-6-8-16(40)9-7-15/h6-9,17-20,22-25,40,42-44H,1-5,10-14,31H2,(H,34,48)(H,36,45)(H,37,41)(H,38,46)(H,39,47)(H4,32,33,35)/t17-,18-,19+,20+,22+,23-,24+,25+/m0/s1. The van der Waals surface area contributed by atoms with Gasteiger partial charge >= 0.3 is 0 Å². The molecular formula is C30H47N9O10. The number of unbranched alkanes of at least 4 members (excludes halogenated alkanes) is 1. The lowest BCUT2D eigenvalue weighted by atomic mass is 9.94. The summed E-state index contributed by atoms with van der Waals surface area (Å²) in [5.74, 6) is -3.45. The molecule has 0 unspecified atom stereocenters. The number of hydrogen-bond donors (Lipinski definition) is 12. The molecule has 2 saturated heterocycles. The molecule has 8 atom stereocenters. The molecule has 19 nitrogen and oxygen atoms in total. The van der Waals surface area contributed by atoms with Gasteiger partial charge in [-0.3, -0.25) is 29.0 Å². The largest absolute Gasteiger partial charge is 0.508 e. The fraction of sp³-hybridized carbons (Fsp3) is 0.600. The van der Waals surface area contributed by atoms with E-state index in [-0.39, 0.29) is 57.0 Å². The van der Waals surface area contributed by atoms with Crippen LogP contribution < -0.4 is 43.8 Å². The Labute approximate surface area is 282 Å². The van der Waals surface area contributed by atoms with E-state index in [2.05, 4.69) is 31.6 Å². The van der Waals surface area contributed by atoms with Gasteiger partial charge in [0.25, 0.3) is 5.91 Å². The lowest BCUT2D eigenvalue weighted by molar-refractivity contribution is -0.217. The molecule has 0 saturated carbocycles. The van der Waals surface area contributed by atoms with Gasteiger partial charge in [-0.15, -0.1) is 0 Å². The Bertz CT molecular complexity index is 1330. The van der Waals surface area contributed by atoms with Gasteiger partial charge in [-0.25, -0.2) is 0 Å². The van der Waals surface area contributed by atoms with Crippen LogP contribution in [0.5, 0.6) is 5.75 Å². The van der Waals surface area contributed by atoms with Crippen LogP contribution in [0.2, 0.25) is 0 Å². The lowest BCUT2D eigenvalue weighted by Crippen LogP contribution is -2.62. The molecule has 2 fully saturated rings.